The van der Waals surface area contributed by atoms with Crippen LogP contribution in [0.5, 0.6) is 5.75 Å². The van der Waals surface area contributed by atoms with Gasteiger partial charge in [-0.1, -0.05) is 39.0 Å². The van der Waals surface area contributed by atoms with Gasteiger partial charge in [0.1, 0.15) is 5.75 Å². The van der Waals surface area contributed by atoms with E-state index in [1.807, 2.05) is 36.9 Å². The zero-order valence-electron chi connectivity index (χ0n) is 14.3. The number of para-hydroxylation sites is 1. The second kappa shape index (κ2) is 6.53. The Morgan fingerprint density at radius 2 is 1.95 bits per heavy atom. The minimum absolute atomic E-state index is 0.0224. The third-order valence-corrected chi connectivity index (χ3v) is 3.87. The van der Waals surface area contributed by atoms with E-state index in [9.17, 15) is 0 Å². The molecule has 2 rings (SSSR count). The number of rotatable bonds is 5. The van der Waals surface area contributed by atoms with Gasteiger partial charge in [0.2, 0.25) is 0 Å². The lowest BCUT2D eigenvalue weighted by Crippen LogP contribution is -2.18. The largest absolute Gasteiger partial charge is 0.494 e. The number of nitrogens with two attached hydrogens (primary N) is 1. The van der Waals surface area contributed by atoms with Gasteiger partial charge in [0.15, 0.2) is 0 Å². The molecule has 0 amide bonds. The van der Waals surface area contributed by atoms with Crippen molar-refractivity contribution in [2.24, 2.45) is 12.8 Å². The molecule has 0 saturated heterocycles. The predicted octanol–water partition coefficient (Wildman–Crippen LogP) is 3.21. The number of nitrogens with zero attached hydrogens (tertiary/aromatic N) is 2. The highest BCUT2D eigenvalue weighted by molar-refractivity contribution is 5.41. The van der Waals surface area contributed by atoms with Gasteiger partial charge in [-0.3, -0.25) is 4.68 Å². The van der Waals surface area contributed by atoms with Crippen LogP contribution < -0.4 is 10.5 Å². The molecule has 1 heterocycles. The molecule has 0 bridgehead atoms. The number of ether oxygens (including phenoxy) is 1. The summed E-state index contributed by atoms with van der Waals surface area (Å²) >= 11 is 0. The normalized spacial score (nSPS) is 13.2. The molecule has 4 heteroatoms. The first-order chi connectivity index (χ1) is 10.4. The predicted molar refractivity (Wildman–Crippen MR) is 90.4 cm³/mol. The molecule has 1 aromatic heterocycles. The van der Waals surface area contributed by atoms with Gasteiger partial charge < -0.3 is 10.5 Å². The van der Waals surface area contributed by atoms with Gasteiger partial charge in [0.05, 0.1) is 12.3 Å². The minimum Gasteiger partial charge on any atom is -0.494 e. The molecule has 1 unspecified atom stereocenters. The summed E-state index contributed by atoms with van der Waals surface area (Å²) in [6.07, 6.45) is 0. The quantitative estimate of drug-likeness (QED) is 0.922. The van der Waals surface area contributed by atoms with E-state index in [4.69, 9.17) is 10.5 Å². The van der Waals surface area contributed by atoms with E-state index in [2.05, 4.69) is 38.0 Å². The van der Waals surface area contributed by atoms with Gasteiger partial charge in [0.25, 0.3) is 0 Å². The van der Waals surface area contributed by atoms with Crippen LogP contribution in [0, 0.1) is 0 Å². The molecule has 0 spiro atoms. The molecule has 2 N–H and O–H groups in total. The number of hydrogen-bond acceptors (Lipinski definition) is 3. The number of benzene rings is 1. The van der Waals surface area contributed by atoms with Crippen molar-refractivity contribution in [3.63, 3.8) is 0 Å². The smallest absolute Gasteiger partial charge is 0.123 e. The van der Waals surface area contributed by atoms with E-state index in [-0.39, 0.29) is 11.3 Å². The van der Waals surface area contributed by atoms with Crippen LogP contribution in [0.1, 0.15) is 50.6 Å². The lowest BCUT2D eigenvalue weighted by molar-refractivity contribution is 0.335. The van der Waals surface area contributed by atoms with E-state index >= 15 is 0 Å². The Morgan fingerprint density at radius 1 is 1.27 bits per heavy atom. The molecule has 0 radical (unpaired) electrons. The first-order valence-electron chi connectivity index (χ1n) is 7.84. The summed E-state index contributed by atoms with van der Waals surface area (Å²) in [5.74, 6) is 0.982. The average molecular weight is 301 g/mol. The summed E-state index contributed by atoms with van der Waals surface area (Å²) in [6, 6.07) is 10.3. The second-order valence-corrected chi connectivity index (χ2v) is 6.59. The van der Waals surface area contributed by atoms with Crippen LogP contribution >= 0.6 is 0 Å². The minimum atomic E-state index is 0.0224. The molecule has 0 saturated carbocycles. The molecular formula is C18H27N3O. The Labute approximate surface area is 133 Å². The molecule has 0 aliphatic heterocycles. The van der Waals surface area contributed by atoms with Crippen LogP contribution in [0.3, 0.4) is 0 Å². The van der Waals surface area contributed by atoms with Crippen LogP contribution in [-0.4, -0.2) is 22.9 Å². The first kappa shape index (κ1) is 16.6. The highest BCUT2D eigenvalue weighted by atomic mass is 16.5. The molecule has 0 aliphatic rings. The first-order valence-corrected chi connectivity index (χ1v) is 7.84. The van der Waals surface area contributed by atoms with Gasteiger partial charge in [0, 0.05) is 36.2 Å². The van der Waals surface area contributed by atoms with E-state index in [1.54, 1.807) is 0 Å². The monoisotopic (exact) mass is 301 g/mol. The number of aryl methyl sites for hydroxylation is 1. The van der Waals surface area contributed by atoms with Crippen LogP contribution in [0.4, 0.5) is 0 Å². The van der Waals surface area contributed by atoms with Crippen molar-refractivity contribution in [1.29, 1.82) is 0 Å². The van der Waals surface area contributed by atoms with Gasteiger partial charge in [-0.25, -0.2) is 0 Å². The SMILES string of the molecule is CCOc1ccccc1C(CN)c1cc(C(C)(C)C)nn1C. The zero-order valence-corrected chi connectivity index (χ0v) is 14.3. The summed E-state index contributed by atoms with van der Waals surface area (Å²) in [4.78, 5) is 0. The van der Waals surface area contributed by atoms with Crippen molar-refractivity contribution in [1.82, 2.24) is 9.78 Å². The van der Waals surface area contributed by atoms with Gasteiger partial charge >= 0.3 is 0 Å². The molecule has 4 nitrogen and oxygen atoms in total. The summed E-state index contributed by atoms with van der Waals surface area (Å²) in [7, 11) is 1.98. The molecular weight excluding hydrogens is 274 g/mol. The van der Waals surface area contributed by atoms with E-state index in [0.29, 0.717) is 13.2 Å². The van der Waals surface area contributed by atoms with Crippen molar-refractivity contribution in [3.8, 4) is 5.75 Å². The maximum atomic E-state index is 6.09. The fourth-order valence-corrected chi connectivity index (χ4v) is 2.64. The highest BCUT2D eigenvalue weighted by Crippen LogP contribution is 2.33. The maximum Gasteiger partial charge on any atom is 0.123 e. The molecule has 0 aliphatic carbocycles. The topological polar surface area (TPSA) is 53.1 Å². The lowest BCUT2D eigenvalue weighted by atomic mass is 9.89. The van der Waals surface area contributed by atoms with E-state index in [0.717, 1.165) is 22.7 Å². The van der Waals surface area contributed by atoms with Crippen molar-refractivity contribution < 1.29 is 4.74 Å². The third kappa shape index (κ3) is 3.33. The molecule has 1 atom stereocenters. The Bertz CT molecular complexity index is 626. The summed E-state index contributed by atoms with van der Waals surface area (Å²) in [6.45, 7) is 9.68. The van der Waals surface area contributed by atoms with Crippen molar-refractivity contribution in [2.45, 2.75) is 39.0 Å². The van der Waals surface area contributed by atoms with E-state index in [1.165, 1.54) is 0 Å². The van der Waals surface area contributed by atoms with Crippen molar-refractivity contribution in [3.05, 3.63) is 47.3 Å². The van der Waals surface area contributed by atoms with Crippen molar-refractivity contribution in [2.75, 3.05) is 13.2 Å². The maximum absolute atomic E-state index is 6.09. The summed E-state index contributed by atoms with van der Waals surface area (Å²) in [5, 5.41) is 4.67. The van der Waals surface area contributed by atoms with Crippen LogP contribution in [0.25, 0.3) is 0 Å². The highest BCUT2D eigenvalue weighted by Gasteiger charge is 2.24. The summed E-state index contributed by atoms with van der Waals surface area (Å²) < 4.78 is 7.72. The zero-order chi connectivity index (χ0) is 16.3. The van der Waals surface area contributed by atoms with Gasteiger partial charge in [-0.15, -0.1) is 0 Å². The Morgan fingerprint density at radius 3 is 2.50 bits per heavy atom. The fourth-order valence-electron chi connectivity index (χ4n) is 2.64. The Kier molecular flexibility index (Phi) is 4.91. The average Bonchev–Trinajstić information content (AvgIpc) is 2.84. The van der Waals surface area contributed by atoms with Crippen LogP contribution in [0.15, 0.2) is 30.3 Å². The van der Waals surface area contributed by atoms with Crippen molar-refractivity contribution >= 4 is 0 Å². The van der Waals surface area contributed by atoms with Gasteiger partial charge in [-0.2, -0.15) is 5.10 Å². The third-order valence-electron chi connectivity index (χ3n) is 3.87. The Hall–Kier alpha value is -1.81. The molecule has 22 heavy (non-hydrogen) atoms. The molecule has 120 valence electrons. The molecule has 1 aromatic carbocycles. The van der Waals surface area contributed by atoms with E-state index < -0.39 is 0 Å². The summed E-state index contributed by atoms with van der Waals surface area (Å²) in [5.41, 5.74) is 9.44. The second-order valence-electron chi connectivity index (χ2n) is 6.59. The van der Waals surface area contributed by atoms with Crippen LogP contribution in [0.2, 0.25) is 0 Å². The number of hydrogen-bond donors (Lipinski definition) is 1. The van der Waals surface area contributed by atoms with Crippen LogP contribution in [-0.2, 0) is 12.5 Å². The molecule has 2 aromatic rings. The Balaban J connectivity index is 2.47. The number of aromatic nitrogens is 2. The molecule has 0 fully saturated rings. The van der Waals surface area contributed by atoms with Gasteiger partial charge in [-0.05, 0) is 19.1 Å². The standard InChI is InChI=1S/C18H27N3O/c1-6-22-16-10-8-7-9-13(16)14(12-19)15-11-17(18(2,3)4)20-21(15)5/h7-11,14H,6,12,19H2,1-5H3. The lowest BCUT2D eigenvalue weighted by Gasteiger charge is -2.19. The fraction of sp³-hybridized carbons (Fsp3) is 0.500.